The summed E-state index contributed by atoms with van der Waals surface area (Å²) < 4.78 is 0. The molecule has 0 atom stereocenters. The molecule has 0 amide bonds. The van der Waals surface area contributed by atoms with Crippen molar-refractivity contribution in [2.75, 3.05) is 0 Å². The standard InChI is InChI=1S/C13H21/c1-12(2,3)10-8-7-9-11(10)13(4,5)6/h7-9H,1-6H3/q-1. The van der Waals surface area contributed by atoms with Crippen molar-refractivity contribution < 1.29 is 0 Å². The lowest BCUT2D eigenvalue weighted by Crippen LogP contribution is -2.19. The highest BCUT2D eigenvalue weighted by Gasteiger charge is 2.18. The summed E-state index contributed by atoms with van der Waals surface area (Å²) in [6, 6.07) is 6.67. The van der Waals surface area contributed by atoms with E-state index in [1.165, 1.54) is 11.1 Å². The highest BCUT2D eigenvalue weighted by Crippen LogP contribution is 2.34. The molecule has 0 aliphatic heterocycles. The Balaban J connectivity index is 3.19. The Hall–Kier alpha value is -0.650. The van der Waals surface area contributed by atoms with Gasteiger partial charge in [0.1, 0.15) is 0 Å². The van der Waals surface area contributed by atoms with E-state index in [0.717, 1.165) is 0 Å². The highest BCUT2D eigenvalue weighted by atomic mass is 14.3. The van der Waals surface area contributed by atoms with Crippen LogP contribution in [-0.2, 0) is 10.8 Å². The van der Waals surface area contributed by atoms with Crippen molar-refractivity contribution >= 4 is 0 Å². The van der Waals surface area contributed by atoms with Crippen LogP contribution in [0.5, 0.6) is 0 Å². The van der Waals surface area contributed by atoms with E-state index >= 15 is 0 Å². The molecule has 1 aromatic carbocycles. The molecule has 0 aromatic heterocycles. The Kier molecular flexibility index (Phi) is 2.36. The largest absolute Gasteiger partial charge is 0.213 e. The third-order valence-electron chi connectivity index (χ3n) is 2.43. The number of hydrogen-bond donors (Lipinski definition) is 0. The van der Waals surface area contributed by atoms with Gasteiger partial charge >= 0.3 is 0 Å². The third kappa shape index (κ3) is 2.18. The Morgan fingerprint density at radius 1 is 1.00 bits per heavy atom. The van der Waals surface area contributed by atoms with Gasteiger partial charge in [-0.15, -0.1) is 5.56 Å². The van der Waals surface area contributed by atoms with Gasteiger partial charge in [-0.2, -0.15) is 11.6 Å². The zero-order valence-electron chi connectivity index (χ0n) is 9.73. The summed E-state index contributed by atoms with van der Waals surface area (Å²) in [7, 11) is 0. The summed E-state index contributed by atoms with van der Waals surface area (Å²) in [4.78, 5) is 0. The normalized spacial score (nSPS) is 13.4. The van der Waals surface area contributed by atoms with Crippen LogP contribution in [0.4, 0.5) is 0 Å². The molecule has 0 fully saturated rings. The van der Waals surface area contributed by atoms with Crippen LogP contribution in [0.1, 0.15) is 52.7 Å². The molecular weight excluding hydrogens is 156 g/mol. The Morgan fingerprint density at radius 3 is 1.85 bits per heavy atom. The van der Waals surface area contributed by atoms with Gasteiger partial charge in [-0.05, 0) is 5.41 Å². The topological polar surface area (TPSA) is 0 Å². The molecule has 0 heterocycles. The van der Waals surface area contributed by atoms with E-state index < -0.39 is 0 Å². The van der Waals surface area contributed by atoms with Crippen molar-refractivity contribution in [3.63, 3.8) is 0 Å². The first-order chi connectivity index (χ1) is 5.73. The van der Waals surface area contributed by atoms with E-state index in [1.807, 2.05) is 0 Å². The van der Waals surface area contributed by atoms with Gasteiger partial charge in [-0.1, -0.05) is 47.0 Å². The summed E-state index contributed by atoms with van der Waals surface area (Å²) >= 11 is 0. The van der Waals surface area contributed by atoms with E-state index in [9.17, 15) is 0 Å². The van der Waals surface area contributed by atoms with E-state index in [2.05, 4.69) is 59.7 Å². The summed E-state index contributed by atoms with van der Waals surface area (Å²) in [6.45, 7) is 13.7. The lowest BCUT2D eigenvalue weighted by molar-refractivity contribution is 0.534. The number of hydrogen-bond acceptors (Lipinski definition) is 0. The zero-order valence-corrected chi connectivity index (χ0v) is 9.73. The average molecular weight is 177 g/mol. The van der Waals surface area contributed by atoms with E-state index in [0.29, 0.717) is 0 Å². The SMILES string of the molecule is CC(C)(C)c1ccc[c-]1C(C)(C)C. The fraction of sp³-hybridized carbons (Fsp3) is 0.615. The predicted octanol–water partition coefficient (Wildman–Crippen LogP) is 4.00. The summed E-state index contributed by atoms with van der Waals surface area (Å²) in [6.07, 6.45) is 0. The van der Waals surface area contributed by atoms with Crippen molar-refractivity contribution in [1.29, 1.82) is 0 Å². The molecule has 1 aromatic rings. The first kappa shape index (κ1) is 10.4. The first-order valence-corrected chi connectivity index (χ1v) is 4.99. The maximum Gasteiger partial charge on any atom is -0.0361 e. The van der Waals surface area contributed by atoms with Gasteiger partial charge in [0.05, 0.1) is 0 Å². The van der Waals surface area contributed by atoms with Gasteiger partial charge in [0.15, 0.2) is 0 Å². The van der Waals surface area contributed by atoms with Crippen LogP contribution < -0.4 is 0 Å². The van der Waals surface area contributed by atoms with Gasteiger partial charge in [-0.25, -0.2) is 12.1 Å². The lowest BCUT2D eigenvalue weighted by Gasteiger charge is -2.33. The predicted molar refractivity (Wildman–Crippen MR) is 59.4 cm³/mol. The van der Waals surface area contributed by atoms with Gasteiger partial charge in [0.2, 0.25) is 0 Å². The molecule has 0 radical (unpaired) electrons. The minimum absolute atomic E-state index is 0.270. The van der Waals surface area contributed by atoms with Crippen LogP contribution in [0.25, 0.3) is 0 Å². The molecule has 0 nitrogen and oxygen atoms in total. The second-order valence-corrected chi connectivity index (χ2v) is 5.85. The Bertz CT molecular complexity index is 247. The van der Waals surface area contributed by atoms with Crippen molar-refractivity contribution in [3.8, 4) is 0 Å². The summed E-state index contributed by atoms with van der Waals surface area (Å²) in [5.41, 5.74) is 3.51. The molecule has 0 bridgehead atoms. The molecule has 13 heavy (non-hydrogen) atoms. The third-order valence-corrected chi connectivity index (χ3v) is 2.43. The first-order valence-electron chi connectivity index (χ1n) is 4.99. The molecule has 0 spiro atoms. The quantitative estimate of drug-likeness (QED) is 0.525. The van der Waals surface area contributed by atoms with E-state index in [1.54, 1.807) is 0 Å². The van der Waals surface area contributed by atoms with Crippen molar-refractivity contribution in [2.24, 2.45) is 0 Å². The van der Waals surface area contributed by atoms with Gasteiger partial charge in [0.25, 0.3) is 0 Å². The maximum absolute atomic E-state index is 2.28. The Labute approximate surface area is 82.3 Å². The molecule has 0 saturated heterocycles. The van der Waals surface area contributed by atoms with Crippen LogP contribution in [0.3, 0.4) is 0 Å². The molecule has 0 heteroatoms. The lowest BCUT2D eigenvalue weighted by atomic mass is 9.78. The molecule has 0 unspecified atom stereocenters. The van der Waals surface area contributed by atoms with Crippen molar-refractivity contribution in [2.45, 2.75) is 52.4 Å². The van der Waals surface area contributed by atoms with E-state index in [4.69, 9.17) is 0 Å². The van der Waals surface area contributed by atoms with Gasteiger partial charge < -0.3 is 0 Å². The number of rotatable bonds is 0. The van der Waals surface area contributed by atoms with Crippen LogP contribution >= 0.6 is 0 Å². The minimum Gasteiger partial charge on any atom is -0.213 e. The second-order valence-electron chi connectivity index (χ2n) is 5.85. The smallest absolute Gasteiger partial charge is 0.0361 e. The molecule has 74 valence electrons. The van der Waals surface area contributed by atoms with Crippen molar-refractivity contribution in [3.05, 3.63) is 29.3 Å². The summed E-state index contributed by atoms with van der Waals surface area (Å²) in [5.74, 6) is 0. The maximum atomic E-state index is 2.28. The van der Waals surface area contributed by atoms with Crippen LogP contribution in [-0.4, -0.2) is 0 Å². The monoisotopic (exact) mass is 177 g/mol. The molecule has 0 aliphatic carbocycles. The molecule has 1 rings (SSSR count). The van der Waals surface area contributed by atoms with E-state index in [-0.39, 0.29) is 10.8 Å². The fourth-order valence-electron chi connectivity index (χ4n) is 1.73. The minimum atomic E-state index is 0.270. The second kappa shape index (κ2) is 2.94. The summed E-state index contributed by atoms with van der Waals surface area (Å²) in [5, 5.41) is 0. The molecule has 0 N–H and O–H groups in total. The highest BCUT2D eigenvalue weighted by molar-refractivity contribution is 5.39. The fourth-order valence-corrected chi connectivity index (χ4v) is 1.73. The molecule has 0 saturated carbocycles. The zero-order chi connectivity index (χ0) is 10.3. The molecule has 0 aliphatic rings. The van der Waals surface area contributed by atoms with Crippen LogP contribution in [0.15, 0.2) is 18.2 Å². The molecular formula is C13H21-. The van der Waals surface area contributed by atoms with Crippen molar-refractivity contribution in [1.82, 2.24) is 0 Å². The average Bonchev–Trinajstić information content (AvgIpc) is 2.27. The van der Waals surface area contributed by atoms with Crippen LogP contribution in [0.2, 0.25) is 0 Å². The van der Waals surface area contributed by atoms with Gasteiger partial charge in [0, 0.05) is 0 Å². The van der Waals surface area contributed by atoms with Gasteiger partial charge in [-0.3, -0.25) is 0 Å². The van der Waals surface area contributed by atoms with Crippen LogP contribution in [0, 0.1) is 0 Å². The Morgan fingerprint density at radius 2 is 1.54 bits per heavy atom.